The van der Waals surface area contributed by atoms with Crippen LogP contribution < -0.4 is 10.5 Å². The maximum Gasteiger partial charge on any atom is 0.310 e. The van der Waals surface area contributed by atoms with Crippen molar-refractivity contribution in [2.24, 2.45) is 5.73 Å². The highest BCUT2D eigenvalue weighted by Crippen LogP contribution is 2.33. The third-order valence-corrected chi connectivity index (χ3v) is 5.21. The molecule has 0 unspecified atom stereocenters. The van der Waals surface area contributed by atoms with Gasteiger partial charge in [0.25, 0.3) is 0 Å². The average molecular weight is 463 g/mol. The summed E-state index contributed by atoms with van der Waals surface area (Å²) in [7, 11) is 0. The lowest BCUT2D eigenvalue weighted by molar-refractivity contribution is -0.153. The minimum Gasteiger partial charge on any atom is -0.489 e. The van der Waals surface area contributed by atoms with Gasteiger partial charge in [0.2, 0.25) is 0 Å². The normalized spacial score (nSPS) is 11.6. The third kappa shape index (κ3) is 5.26. The number of esters is 1. The molecule has 0 amide bonds. The Labute approximate surface area is 197 Å². The number of carbonyl (C=O) groups is 1. The van der Waals surface area contributed by atoms with Crippen LogP contribution in [0.4, 0.5) is 4.39 Å². The van der Waals surface area contributed by atoms with Crippen molar-refractivity contribution in [3.05, 3.63) is 83.5 Å². The molecule has 2 N–H and O–H groups in total. The van der Waals surface area contributed by atoms with Crippen molar-refractivity contribution in [2.45, 2.75) is 45.9 Å². The molecule has 0 bridgehead atoms. The van der Waals surface area contributed by atoms with E-state index in [1.54, 1.807) is 24.3 Å². The van der Waals surface area contributed by atoms with Gasteiger partial charge < -0.3 is 19.6 Å². The lowest BCUT2D eigenvalue weighted by Crippen LogP contribution is -2.25. The van der Waals surface area contributed by atoms with E-state index in [-0.39, 0.29) is 31.4 Å². The number of halogens is 1. The number of rotatable bonds is 7. The van der Waals surface area contributed by atoms with Gasteiger partial charge in [0.1, 0.15) is 29.3 Å². The minimum absolute atomic E-state index is 0.0942. The van der Waals surface area contributed by atoms with E-state index in [0.29, 0.717) is 33.5 Å². The van der Waals surface area contributed by atoms with Crippen molar-refractivity contribution in [2.75, 3.05) is 0 Å². The van der Waals surface area contributed by atoms with E-state index in [1.165, 1.54) is 6.39 Å². The minimum atomic E-state index is -0.563. The van der Waals surface area contributed by atoms with E-state index in [2.05, 4.69) is 4.98 Å². The quantitative estimate of drug-likeness (QED) is 0.362. The Balaban J connectivity index is 1.61. The summed E-state index contributed by atoms with van der Waals surface area (Å²) in [5.74, 6) is -0.136. The van der Waals surface area contributed by atoms with Crippen molar-refractivity contribution >= 4 is 17.1 Å². The van der Waals surface area contributed by atoms with E-state index in [9.17, 15) is 4.79 Å². The summed E-state index contributed by atoms with van der Waals surface area (Å²) in [6.07, 6.45) is 1.43. The molecule has 34 heavy (non-hydrogen) atoms. The van der Waals surface area contributed by atoms with Crippen LogP contribution in [-0.2, 0) is 29.1 Å². The van der Waals surface area contributed by atoms with Crippen molar-refractivity contribution in [3.63, 3.8) is 0 Å². The molecule has 0 saturated carbocycles. The molecule has 0 radical (unpaired) electrons. The maximum absolute atomic E-state index is 15.1. The Bertz CT molecular complexity index is 1320. The molecule has 176 valence electrons. The van der Waals surface area contributed by atoms with Gasteiger partial charge in [-0.05, 0) is 44.5 Å². The van der Waals surface area contributed by atoms with Gasteiger partial charge in [-0.15, -0.1) is 0 Å². The highest BCUT2D eigenvalue weighted by molar-refractivity contribution is 5.91. The second-order valence-corrected chi connectivity index (χ2v) is 8.98. The molecule has 0 saturated heterocycles. The molecule has 7 heteroatoms. The summed E-state index contributed by atoms with van der Waals surface area (Å²) in [4.78, 5) is 16.6. The number of hydrogen-bond acceptors (Lipinski definition) is 6. The summed E-state index contributed by atoms with van der Waals surface area (Å²) in [5.41, 5.74) is 9.11. The van der Waals surface area contributed by atoms with Crippen LogP contribution in [-0.4, -0.2) is 16.6 Å². The van der Waals surface area contributed by atoms with Crippen LogP contribution in [0.15, 0.2) is 65.4 Å². The smallest absolute Gasteiger partial charge is 0.310 e. The number of aromatic nitrogens is 1. The summed E-state index contributed by atoms with van der Waals surface area (Å²) < 4.78 is 32.1. The molecular weight excluding hydrogens is 435 g/mol. The zero-order chi connectivity index (χ0) is 24.3. The van der Waals surface area contributed by atoms with Gasteiger partial charge in [0.15, 0.2) is 12.0 Å². The predicted octanol–water partition coefficient (Wildman–Crippen LogP) is 5.56. The number of fused-ring (bicyclic) bond motifs is 1. The first kappa shape index (κ1) is 23.4. The van der Waals surface area contributed by atoms with E-state index in [1.807, 2.05) is 51.1 Å². The van der Waals surface area contributed by atoms with Gasteiger partial charge in [-0.1, -0.05) is 36.4 Å². The fraction of sp³-hybridized carbons (Fsp3) is 0.259. The first-order valence-corrected chi connectivity index (χ1v) is 11.0. The molecule has 1 aromatic heterocycles. The molecule has 1 heterocycles. The number of ether oxygens (including phenoxy) is 2. The molecule has 0 aliphatic rings. The molecule has 3 aromatic carbocycles. The molecule has 0 atom stereocenters. The van der Waals surface area contributed by atoms with Crippen LogP contribution in [0.1, 0.15) is 37.5 Å². The number of hydrogen-bond donors (Lipinski definition) is 1. The third-order valence-electron chi connectivity index (χ3n) is 5.21. The number of oxazole rings is 1. The Morgan fingerprint density at radius 2 is 1.82 bits per heavy atom. The van der Waals surface area contributed by atoms with Gasteiger partial charge in [0, 0.05) is 28.8 Å². The Kier molecular flexibility index (Phi) is 6.65. The molecule has 6 nitrogen and oxygen atoms in total. The zero-order valence-electron chi connectivity index (χ0n) is 19.4. The Morgan fingerprint density at radius 3 is 2.59 bits per heavy atom. The number of para-hydroxylation sites is 1. The van der Waals surface area contributed by atoms with Crippen molar-refractivity contribution in [1.82, 2.24) is 4.98 Å². The van der Waals surface area contributed by atoms with Crippen LogP contribution in [0.2, 0.25) is 0 Å². The molecule has 4 aromatic rings. The van der Waals surface area contributed by atoms with Crippen LogP contribution >= 0.6 is 0 Å². The second-order valence-electron chi connectivity index (χ2n) is 8.98. The number of nitrogens with zero attached hydrogens (tertiary/aromatic N) is 1. The summed E-state index contributed by atoms with van der Waals surface area (Å²) in [6.45, 7) is 5.77. The van der Waals surface area contributed by atoms with Crippen LogP contribution in [0.25, 0.3) is 22.2 Å². The fourth-order valence-electron chi connectivity index (χ4n) is 3.74. The van der Waals surface area contributed by atoms with Gasteiger partial charge >= 0.3 is 5.97 Å². The van der Waals surface area contributed by atoms with Crippen LogP contribution in [0, 0.1) is 5.82 Å². The topological polar surface area (TPSA) is 87.6 Å². The van der Waals surface area contributed by atoms with Gasteiger partial charge in [-0.2, -0.15) is 0 Å². The Morgan fingerprint density at radius 1 is 1.06 bits per heavy atom. The van der Waals surface area contributed by atoms with E-state index < -0.39 is 5.60 Å². The van der Waals surface area contributed by atoms with Gasteiger partial charge in [-0.25, -0.2) is 9.37 Å². The van der Waals surface area contributed by atoms with Crippen molar-refractivity contribution in [3.8, 4) is 16.9 Å². The largest absolute Gasteiger partial charge is 0.489 e. The molecule has 4 rings (SSSR count). The second kappa shape index (κ2) is 9.65. The standard InChI is InChI=1S/C27H27FN2O4/c1-27(2,3)34-24(31)13-18-7-4-5-10-22(18)32-15-17-11-21(26-23(12-17)33-16-30-26)20-9-6-8-19(14-29)25(20)28/h4-12,16H,13-15,29H2,1-3H3. The first-order valence-electron chi connectivity index (χ1n) is 11.0. The molecule has 0 spiro atoms. The van der Waals surface area contributed by atoms with Crippen molar-refractivity contribution < 1.29 is 23.1 Å². The fourth-order valence-corrected chi connectivity index (χ4v) is 3.74. The monoisotopic (exact) mass is 462 g/mol. The van der Waals surface area contributed by atoms with Gasteiger partial charge in [0.05, 0.1) is 6.42 Å². The summed E-state index contributed by atoms with van der Waals surface area (Å²) in [6, 6.07) is 16.1. The zero-order valence-corrected chi connectivity index (χ0v) is 19.4. The SMILES string of the molecule is CC(C)(C)OC(=O)Cc1ccccc1OCc1cc(-c2cccc(CN)c2F)c2ncoc2c1. The number of benzene rings is 3. The lowest BCUT2D eigenvalue weighted by atomic mass is 9.99. The predicted molar refractivity (Wildman–Crippen MR) is 128 cm³/mol. The summed E-state index contributed by atoms with van der Waals surface area (Å²) >= 11 is 0. The molecular formula is C27H27FN2O4. The molecule has 0 aliphatic heterocycles. The average Bonchev–Trinajstić information content (AvgIpc) is 3.26. The number of nitrogens with two attached hydrogens (primary N) is 1. The molecule has 0 fully saturated rings. The van der Waals surface area contributed by atoms with Crippen LogP contribution in [0.3, 0.4) is 0 Å². The number of carbonyl (C=O) groups excluding carboxylic acids is 1. The highest BCUT2D eigenvalue weighted by atomic mass is 19.1. The maximum atomic E-state index is 15.1. The lowest BCUT2D eigenvalue weighted by Gasteiger charge is -2.20. The van der Waals surface area contributed by atoms with Gasteiger partial charge in [-0.3, -0.25) is 4.79 Å². The Hall–Kier alpha value is -3.71. The van der Waals surface area contributed by atoms with E-state index in [4.69, 9.17) is 19.6 Å². The molecule has 0 aliphatic carbocycles. The van der Waals surface area contributed by atoms with Crippen molar-refractivity contribution in [1.29, 1.82) is 0 Å². The van der Waals surface area contributed by atoms with E-state index >= 15 is 4.39 Å². The summed E-state index contributed by atoms with van der Waals surface area (Å²) in [5, 5.41) is 0. The van der Waals surface area contributed by atoms with E-state index in [0.717, 1.165) is 11.1 Å². The first-order chi connectivity index (χ1) is 16.2. The highest BCUT2D eigenvalue weighted by Gasteiger charge is 2.19. The van der Waals surface area contributed by atoms with Crippen LogP contribution in [0.5, 0.6) is 5.75 Å².